The molecule has 0 aliphatic carbocycles. The van der Waals surface area contributed by atoms with E-state index in [1.807, 2.05) is 0 Å². The molecule has 2 aromatic rings. The summed E-state index contributed by atoms with van der Waals surface area (Å²) < 4.78 is 4.63. The van der Waals surface area contributed by atoms with E-state index in [0.717, 1.165) is 5.39 Å². The van der Waals surface area contributed by atoms with E-state index in [9.17, 15) is 9.90 Å². The molecule has 2 rings (SSSR count). The van der Waals surface area contributed by atoms with Crippen LogP contribution in [-0.4, -0.2) is 23.2 Å². The molecule has 0 radical (unpaired) electrons. The van der Waals surface area contributed by atoms with Gasteiger partial charge in [0, 0.05) is 17.8 Å². The quantitative estimate of drug-likeness (QED) is 0.717. The zero-order valence-electron chi connectivity index (χ0n) is 8.10. The van der Waals surface area contributed by atoms with E-state index in [1.165, 1.54) is 19.4 Å². The van der Waals surface area contributed by atoms with E-state index in [0.29, 0.717) is 10.9 Å². The highest BCUT2D eigenvalue weighted by Gasteiger charge is 2.10. The second kappa shape index (κ2) is 3.57. The summed E-state index contributed by atoms with van der Waals surface area (Å²) >= 11 is 0. The molecule has 0 atom stereocenters. The van der Waals surface area contributed by atoms with Crippen LogP contribution >= 0.6 is 0 Å². The number of phenolic OH excluding ortho intramolecular Hbond substituents is 1. The average molecular weight is 203 g/mol. The van der Waals surface area contributed by atoms with Gasteiger partial charge in [0.1, 0.15) is 5.75 Å². The maximum atomic E-state index is 11.4. The average Bonchev–Trinajstić information content (AvgIpc) is 2.26. The molecule has 0 bridgehead atoms. The first-order valence-electron chi connectivity index (χ1n) is 4.37. The number of aromatic hydroxyl groups is 1. The monoisotopic (exact) mass is 203 g/mol. The van der Waals surface area contributed by atoms with Gasteiger partial charge in [-0.05, 0) is 23.6 Å². The van der Waals surface area contributed by atoms with E-state index in [-0.39, 0.29) is 5.75 Å². The van der Waals surface area contributed by atoms with Crippen molar-refractivity contribution in [2.75, 3.05) is 7.11 Å². The summed E-state index contributed by atoms with van der Waals surface area (Å²) in [6, 6.07) is 4.74. The highest BCUT2D eigenvalue weighted by molar-refractivity contribution is 6.04. The predicted octanol–water partition coefficient (Wildman–Crippen LogP) is 1.73. The van der Waals surface area contributed by atoms with Crippen molar-refractivity contribution in [2.45, 2.75) is 0 Å². The highest BCUT2D eigenvalue weighted by atomic mass is 16.5. The van der Waals surface area contributed by atoms with Gasteiger partial charge >= 0.3 is 5.97 Å². The van der Waals surface area contributed by atoms with E-state index in [4.69, 9.17) is 0 Å². The Morgan fingerprint density at radius 2 is 2.20 bits per heavy atom. The molecule has 1 heterocycles. The lowest BCUT2D eigenvalue weighted by Gasteiger charge is -2.03. The van der Waals surface area contributed by atoms with Gasteiger partial charge in [0.05, 0.1) is 12.7 Å². The molecule has 15 heavy (non-hydrogen) atoms. The lowest BCUT2D eigenvalue weighted by molar-refractivity contribution is 0.0602. The Morgan fingerprint density at radius 3 is 2.93 bits per heavy atom. The topological polar surface area (TPSA) is 59.4 Å². The van der Waals surface area contributed by atoms with Crippen LogP contribution in [0.4, 0.5) is 0 Å². The van der Waals surface area contributed by atoms with Crippen molar-refractivity contribution in [3.8, 4) is 5.75 Å². The third-order valence-electron chi connectivity index (χ3n) is 2.15. The number of pyridine rings is 1. The van der Waals surface area contributed by atoms with E-state index in [2.05, 4.69) is 9.72 Å². The van der Waals surface area contributed by atoms with E-state index < -0.39 is 5.97 Å². The number of rotatable bonds is 1. The number of carbonyl (C=O) groups excluding carboxylic acids is 1. The first-order valence-corrected chi connectivity index (χ1v) is 4.37. The summed E-state index contributed by atoms with van der Waals surface area (Å²) in [5.74, 6) is -0.287. The molecule has 1 aromatic carbocycles. The lowest BCUT2D eigenvalue weighted by Crippen LogP contribution is -2.02. The summed E-state index contributed by atoms with van der Waals surface area (Å²) in [6.07, 6.45) is 3.03. The zero-order valence-corrected chi connectivity index (χ0v) is 8.10. The Kier molecular flexibility index (Phi) is 2.25. The summed E-state index contributed by atoms with van der Waals surface area (Å²) in [6.45, 7) is 0. The van der Waals surface area contributed by atoms with Gasteiger partial charge in [0.15, 0.2) is 0 Å². The fourth-order valence-corrected chi connectivity index (χ4v) is 1.44. The second-order valence-electron chi connectivity index (χ2n) is 3.08. The number of fused-ring (bicyclic) bond motifs is 1. The first-order chi connectivity index (χ1) is 7.22. The summed E-state index contributed by atoms with van der Waals surface area (Å²) in [5, 5.41) is 10.7. The molecule has 0 aliphatic rings. The van der Waals surface area contributed by atoms with Crippen molar-refractivity contribution < 1.29 is 14.6 Å². The van der Waals surface area contributed by atoms with Gasteiger partial charge in [-0.15, -0.1) is 0 Å². The predicted molar refractivity (Wildman–Crippen MR) is 54.7 cm³/mol. The summed E-state index contributed by atoms with van der Waals surface area (Å²) in [5.41, 5.74) is 0.398. The second-order valence-corrected chi connectivity index (χ2v) is 3.08. The maximum absolute atomic E-state index is 11.4. The van der Waals surface area contributed by atoms with Crippen molar-refractivity contribution in [3.63, 3.8) is 0 Å². The third-order valence-corrected chi connectivity index (χ3v) is 2.15. The molecule has 0 amide bonds. The molecule has 0 unspecified atom stereocenters. The molecular formula is C11H9NO3. The minimum atomic E-state index is -0.432. The first kappa shape index (κ1) is 9.45. The van der Waals surface area contributed by atoms with Crippen molar-refractivity contribution >= 4 is 16.7 Å². The molecular weight excluding hydrogens is 194 g/mol. The number of esters is 1. The van der Waals surface area contributed by atoms with Gasteiger partial charge in [0.2, 0.25) is 0 Å². The van der Waals surface area contributed by atoms with Crippen LogP contribution in [0.5, 0.6) is 5.75 Å². The molecule has 0 fully saturated rings. The largest absolute Gasteiger partial charge is 0.508 e. The Hall–Kier alpha value is -2.10. The number of methoxy groups -OCH3 is 1. The van der Waals surface area contributed by atoms with Crippen molar-refractivity contribution in [3.05, 3.63) is 36.2 Å². The number of aromatic nitrogens is 1. The van der Waals surface area contributed by atoms with Gasteiger partial charge in [-0.2, -0.15) is 0 Å². The minimum absolute atomic E-state index is 0.145. The summed E-state index contributed by atoms with van der Waals surface area (Å²) in [7, 11) is 1.32. The van der Waals surface area contributed by atoms with Crippen LogP contribution in [-0.2, 0) is 4.74 Å². The molecule has 0 spiro atoms. The zero-order chi connectivity index (χ0) is 10.8. The molecule has 0 saturated heterocycles. The number of hydrogen-bond donors (Lipinski definition) is 1. The Labute approximate surface area is 86.1 Å². The molecule has 4 nitrogen and oxygen atoms in total. The Bertz CT molecular complexity index is 522. The molecule has 1 N–H and O–H groups in total. The summed E-state index contributed by atoms with van der Waals surface area (Å²) in [4.78, 5) is 15.3. The Balaban J connectivity index is 2.71. The van der Waals surface area contributed by atoms with Gasteiger partial charge < -0.3 is 9.84 Å². The Morgan fingerprint density at radius 1 is 1.40 bits per heavy atom. The van der Waals surface area contributed by atoms with Crippen LogP contribution in [0.15, 0.2) is 30.6 Å². The smallest absolute Gasteiger partial charge is 0.340 e. The molecule has 76 valence electrons. The van der Waals surface area contributed by atoms with Crippen LogP contribution in [0.25, 0.3) is 10.8 Å². The minimum Gasteiger partial charge on any atom is -0.508 e. The van der Waals surface area contributed by atoms with Gasteiger partial charge in [-0.1, -0.05) is 0 Å². The van der Waals surface area contributed by atoms with Crippen molar-refractivity contribution in [2.24, 2.45) is 0 Å². The third kappa shape index (κ3) is 1.61. The van der Waals surface area contributed by atoms with Crippen LogP contribution in [0.2, 0.25) is 0 Å². The fraction of sp³-hybridized carbons (Fsp3) is 0.0909. The van der Waals surface area contributed by atoms with Crippen molar-refractivity contribution in [1.29, 1.82) is 0 Å². The molecule has 1 aromatic heterocycles. The number of phenols is 1. The number of carbonyl (C=O) groups is 1. The number of benzene rings is 1. The van der Waals surface area contributed by atoms with Gasteiger partial charge in [-0.3, -0.25) is 4.98 Å². The number of ether oxygens (including phenoxy) is 1. The van der Waals surface area contributed by atoms with Crippen LogP contribution in [0.1, 0.15) is 10.4 Å². The van der Waals surface area contributed by atoms with Crippen molar-refractivity contribution in [1.82, 2.24) is 4.98 Å². The molecule has 4 heteroatoms. The maximum Gasteiger partial charge on any atom is 0.340 e. The normalized spacial score (nSPS) is 10.2. The lowest BCUT2D eigenvalue weighted by atomic mass is 10.1. The number of hydrogen-bond acceptors (Lipinski definition) is 4. The van der Waals surface area contributed by atoms with E-state index in [1.54, 1.807) is 18.3 Å². The van der Waals surface area contributed by atoms with Gasteiger partial charge in [-0.25, -0.2) is 4.79 Å². The highest BCUT2D eigenvalue weighted by Crippen LogP contribution is 2.22. The van der Waals surface area contributed by atoms with Crippen LogP contribution in [0.3, 0.4) is 0 Å². The fourth-order valence-electron chi connectivity index (χ4n) is 1.44. The SMILES string of the molecule is COC(=O)c1cncc2cc(O)ccc12. The van der Waals surface area contributed by atoms with Crippen LogP contribution in [0, 0.1) is 0 Å². The van der Waals surface area contributed by atoms with E-state index >= 15 is 0 Å². The number of nitrogens with zero attached hydrogens (tertiary/aromatic N) is 1. The molecule has 0 saturated carbocycles. The molecule has 0 aliphatic heterocycles. The standard InChI is InChI=1S/C11H9NO3/c1-15-11(14)10-6-12-5-7-4-8(13)2-3-9(7)10/h2-6,13H,1H3. The van der Waals surface area contributed by atoms with Gasteiger partial charge in [0.25, 0.3) is 0 Å². The van der Waals surface area contributed by atoms with Crippen LogP contribution < -0.4 is 0 Å².